The van der Waals surface area contributed by atoms with Crippen molar-refractivity contribution in [3.63, 3.8) is 0 Å². The summed E-state index contributed by atoms with van der Waals surface area (Å²) in [5, 5.41) is 2.32. The molecule has 0 radical (unpaired) electrons. The van der Waals surface area contributed by atoms with Gasteiger partial charge in [-0.05, 0) is 24.7 Å². The summed E-state index contributed by atoms with van der Waals surface area (Å²) >= 11 is 0. The molecular weight excluding hydrogens is 176 g/mol. The van der Waals surface area contributed by atoms with Gasteiger partial charge in [-0.25, -0.2) is 5.01 Å². The average molecular weight is 198 g/mol. The molecule has 1 saturated carbocycles. The van der Waals surface area contributed by atoms with E-state index >= 15 is 0 Å². The van der Waals surface area contributed by atoms with Crippen molar-refractivity contribution in [1.29, 1.82) is 0 Å². The van der Waals surface area contributed by atoms with Crippen LogP contribution in [-0.2, 0) is 4.74 Å². The van der Waals surface area contributed by atoms with Crippen molar-refractivity contribution in [2.24, 2.45) is 11.8 Å². The Morgan fingerprint density at radius 3 is 2.43 bits per heavy atom. The van der Waals surface area contributed by atoms with Crippen molar-refractivity contribution in [3.05, 3.63) is 0 Å². The van der Waals surface area contributed by atoms with Crippen LogP contribution in [0.3, 0.4) is 0 Å². The highest BCUT2D eigenvalue weighted by molar-refractivity contribution is 4.86. The van der Waals surface area contributed by atoms with Crippen molar-refractivity contribution in [1.82, 2.24) is 10.4 Å². The van der Waals surface area contributed by atoms with Gasteiger partial charge < -0.3 is 4.74 Å². The highest BCUT2D eigenvalue weighted by Crippen LogP contribution is 2.33. The molecule has 3 nitrogen and oxygen atoms in total. The number of nitrogens with one attached hydrogen (secondary N) is 1. The molecule has 1 aliphatic heterocycles. The van der Waals surface area contributed by atoms with E-state index in [2.05, 4.69) is 24.3 Å². The van der Waals surface area contributed by atoms with Crippen molar-refractivity contribution >= 4 is 0 Å². The van der Waals surface area contributed by atoms with E-state index in [1.807, 2.05) is 0 Å². The van der Waals surface area contributed by atoms with Gasteiger partial charge in [-0.1, -0.05) is 13.8 Å². The van der Waals surface area contributed by atoms with Gasteiger partial charge in [0.25, 0.3) is 0 Å². The molecule has 1 saturated heterocycles. The molecule has 0 spiro atoms. The Morgan fingerprint density at radius 2 is 1.86 bits per heavy atom. The van der Waals surface area contributed by atoms with Gasteiger partial charge in [-0.3, -0.25) is 5.43 Å². The maximum Gasteiger partial charge on any atom is 0.0608 e. The van der Waals surface area contributed by atoms with Crippen LogP contribution >= 0.6 is 0 Å². The first-order valence-corrected chi connectivity index (χ1v) is 5.84. The van der Waals surface area contributed by atoms with E-state index in [9.17, 15) is 0 Å². The molecule has 3 heteroatoms. The van der Waals surface area contributed by atoms with Gasteiger partial charge in [-0.2, -0.15) is 0 Å². The van der Waals surface area contributed by atoms with Crippen LogP contribution in [-0.4, -0.2) is 37.4 Å². The zero-order chi connectivity index (χ0) is 9.97. The molecule has 0 aromatic rings. The van der Waals surface area contributed by atoms with Crippen LogP contribution in [0.5, 0.6) is 0 Å². The molecule has 0 aromatic carbocycles. The molecule has 0 amide bonds. The molecule has 82 valence electrons. The highest BCUT2D eigenvalue weighted by atomic mass is 16.5. The lowest BCUT2D eigenvalue weighted by atomic mass is 9.74. The van der Waals surface area contributed by atoms with Crippen LogP contribution in [0.2, 0.25) is 0 Å². The highest BCUT2D eigenvalue weighted by Gasteiger charge is 2.32. The molecule has 2 aliphatic rings. The molecule has 0 atom stereocenters. The minimum absolute atomic E-state index is 0.737. The number of hydrogen-bond donors (Lipinski definition) is 1. The molecule has 2 fully saturated rings. The minimum atomic E-state index is 0.737. The van der Waals surface area contributed by atoms with E-state index in [4.69, 9.17) is 4.74 Å². The van der Waals surface area contributed by atoms with Crippen LogP contribution in [0.15, 0.2) is 0 Å². The molecule has 14 heavy (non-hydrogen) atoms. The molecule has 0 bridgehead atoms. The second kappa shape index (κ2) is 4.60. The molecule has 1 aliphatic carbocycles. The standard InChI is InChI=1S/C11H22N2O/c1-9(2)10-7-11(8-10)12-13-3-5-14-6-4-13/h9-12H,3-8H2,1-2H3. The zero-order valence-corrected chi connectivity index (χ0v) is 9.33. The van der Waals surface area contributed by atoms with Gasteiger partial charge >= 0.3 is 0 Å². The largest absolute Gasteiger partial charge is 0.379 e. The smallest absolute Gasteiger partial charge is 0.0608 e. The third kappa shape index (κ3) is 2.47. The fourth-order valence-electron chi connectivity index (χ4n) is 2.26. The fourth-order valence-corrected chi connectivity index (χ4v) is 2.26. The third-order valence-corrected chi connectivity index (χ3v) is 3.49. The van der Waals surface area contributed by atoms with Gasteiger partial charge in [0.1, 0.15) is 0 Å². The Morgan fingerprint density at radius 1 is 1.21 bits per heavy atom. The molecule has 2 rings (SSSR count). The summed E-state index contributed by atoms with van der Waals surface area (Å²) in [5.74, 6) is 1.81. The lowest BCUT2D eigenvalue weighted by Gasteiger charge is -2.42. The van der Waals surface area contributed by atoms with Gasteiger partial charge in [0.15, 0.2) is 0 Å². The van der Waals surface area contributed by atoms with Crippen LogP contribution in [0.4, 0.5) is 0 Å². The summed E-state index contributed by atoms with van der Waals surface area (Å²) in [6, 6.07) is 0.737. The Balaban J connectivity index is 1.63. The Bertz CT molecular complexity index is 172. The van der Waals surface area contributed by atoms with E-state index in [0.717, 1.165) is 44.2 Å². The first kappa shape index (κ1) is 10.4. The first-order valence-electron chi connectivity index (χ1n) is 5.84. The average Bonchev–Trinajstić information content (AvgIpc) is 2.12. The summed E-state index contributed by atoms with van der Waals surface area (Å²) in [5.41, 5.74) is 3.59. The summed E-state index contributed by atoms with van der Waals surface area (Å²) in [7, 11) is 0. The van der Waals surface area contributed by atoms with Crippen LogP contribution in [0.1, 0.15) is 26.7 Å². The molecule has 1 heterocycles. The topological polar surface area (TPSA) is 24.5 Å². The zero-order valence-electron chi connectivity index (χ0n) is 9.33. The number of rotatable bonds is 3. The predicted molar refractivity (Wildman–Crippen MR) is 56.9 cm³/mol. The van der Waals surface area contributed by atoms with Gasteiger partial charge in [0, 0.05) is 19.1 Å². The van der Waals surface area contributed by atoms with Gasteiger partial charge in [0.05, 0.1) is 13.2 Å². The van der Waals surface area contributed by atoms with Crippen molar-refractivity contribution in [2.75, 3.05) is 26.3 Å². The first-order chi connectivity index (χ1) is 6.75. The fraction of sp³-hybridized carbons (Fsp3) is 1.00. The Kier molecular flexibility index (Phi) is 3.42. The Hall–Kier alpha value is -0.120. The summed E-state index contributed by atoms with van der Waals surface area (Å²) in [4.78, 5) is 0. The molecule has 0 unspecified atom stereocenters. The summed E-state index contributed by atoms with van der Waals surface area (Å²) in [6.07, 6.45) is 2.71. The second-order valence-electron chi connectivity index (χ2n) is 4.90. The van der Waals surface area contributed by atoms with Crippen molar-refractivity contribution in [2.45, 2.75) is 32.7 Å². The van der Waals surface area contributed by atoms with Gasteiger partial charge in [0.2, 0.25) is 0 Å². The number of morpholine rings is 1. The van der Waals surface area contributed by atoms with E-state index in [-0.39, 0.29) is 0 Å². The maximum atomic E-state index is 5.31. The summed E-state index contributed by atoms with van der Waals surface area (Å²) in [6.45, 7) is 8.51. The normalized spacial score (nSPS) is 34.5. The van der Waals surface area contributed by atoms with Crippen LogP contribution in [0, 0.1) is 11.8 Å². The quantitative estimate of drug-likeness (QED) is 0.739. The third-order valence-electron chi connectivity index (χ3n) is 3.49. The van der Waals surface area contributed by atoms with Crippen molar-refractivity contribution in [3.8, 4) is 0 Å². The van der Waals surface area contributed by atoms with Crippen LogP contribution in [0.25, 0.3) is 0 Å². The predicted octanol–water partition coefficient (Wildman–Crippen LogP) is 1.26. The number of nitrogens with zero attached hydrogens (tertiary/aromatic N) is 1. The number of hydrogen-bond acceptors (Lipinski definition) is 3. The van der Waals surface area contributed by atoms with Crippen LogP contribution < -0.4 is 5.43 Å². The lowest BCUT2D eigenvalue weighted by Crippen LogP contribution is -2.54. The molecule has 0 aromatic heterocycles. The van der Waals surface area contributed by atoms with E-state index in [1.54, 1.807) is 0 Å². The molecular formula is C11H22N2O. The lowest BCUT2D eigenvalue weighted by molar-refractivity contribution is -0.0145. The second-order valence-corrected chi connectivity index (χ2v) is 4.90. The SMILES string of the molecule is CC(C)C1CC(NN2CCOCC2)C1. The molecule has 1 N–H and O–H groups in total. The number of ether oxygens (including phenoxy) is 1. The minimum Gasteiger partial charge on any atom is -0.379 e. The van der Waals surface area contributed by atoms with E-state index in [0.29, 0.717) is 0 Å². The monoisotopic (exact) mass is 198 g/mol. The number of hydrazine groups is 1. The van der Waals surface area contributed by atoms with E-state index in [1.165, 1.54) is 12.8 Å². The van der Waals surface area contributed by atoms with E-state index < -0.39 is 0 Å². The maximum absolute atomic E-state index is 5.31. The summed E-state index contributed by atoms with van der Waals surface area (Å²) < 4.78 is 5.31. The van der Waals surface area contributed by atoms with Gasteiger partial charge in [-0.15, -0.1) is 0 Å². The van der Waals surface area contributed by atoms with Crippen molar-refractivity contribution < 1.29 is 4.74 Å². The Labute approximate surface area is 86.8 Å².